The van der Waals surface area contributed by atoms with E-state index in [4.69, 9.17) is 5.26 Å². The number of aryl methyl sites for hydroxylation is 1. The topological polar surface area (TPSA) is 107 Å². The Balaban J connectivity index is 3.27. The van der Waals surface area contributed by atoms with Crippen molar-refractivity contribution in [1.82, 2.24) is 4.72 Å². The van der Waals surface area contributed by atoms with Crippen molar-refractivity contribution in [3.63, 3.8) is 0 Å². The molecule has 0 radical (unpaired) electrons. The Hall–Kier alpha value is -1.91. The summed E-state index contributed by atoms with van der Waals surface area (Å²) in [6, 6.07) is 5.06. The van der Waals surface area contributed by atoms with Crippen LogP contribution in [-0.4, -0.2) is 25.5 Å². The lowest BCUT2D eigenvalue weighted by Crippen LogP contribution is -2.45. The van der Waals surface area contributed by atoms with Crippen LogP contribution in [0.5, 0.6) is 0 Å². The first kappa shape index (κ1) is 17.1. The number of hydrogen-bond donors (Lipinski definition) is 2. The second-order valence-corrected chi connectivity index (χ2v) is 6.56. The van der Waals surface area contributed by atoms with E-state index in [1.807, 2.05) is 6.07 Å². The van der Waals surface area contributed by atoms with Crippen molar-refractivity contribution >= 4 is 16.0 Å². The molecular weight excluding hydrogens is 292 g/mol. The molecule has 21 heavy (non-hydrogen) atoms. The Morgan fingerprint density at radius 1 is 1.48 bits per heavy atom. The van der Waals surface area contributed by atoms with E-state index in [0.29, 0.717) is 12.0 Å². The molecule has 0 bridgehead atoms. The van der Waals surface area contributed by atoms with Gasteiger partial charge in [0.1, 0.15) is 17.0 Å². The van der Waals surface area contributed by atoms with Gasteiger partial charge in [-0.25, -0.2) is 8.42 Å². The van der Waals surface area contributed by atoms with Crippen LogP contribution in [0.4, 0.5) is 0 Å². The first-order valence-corrected chi connectivity index (χ1v) is 7.97. The van der Waals surface area contributed by atoms with Crippen LogP contribution < -0.4 is 4.72 Å². The molecule has 0 aliphatic heterocycles. The highest BCUT2D eigenvalue weighted by Crippen LogP contribution is 2.20. The summed E-state index contributed by atoms with van der Waals surface area (Å²) in [5.41, 5.74) is 0.550. The van der Waals surface area contributed by atoms with Gasteiger partial charge >= 0.3 is 5.97 Å². The van der Waals surface area contributed by atoms with Crippen molar-refractivity contribution in [3.05, 3.63) is 29.3 Å². The van der Waals surface area contributed by atoms with Gasteiger partial charge in [0.25, 0.3) is 0 Å². The normalized spacial score (nSPS) is 14.2. The highest BCUT2D eigenvalue weighted by Gasteiger charge is 2.30. The number of nitriles is 1. The molecule has 0 aliphatic carbocycles. The van der Waals surface area contributed by atoms with Gasteiger partial charge in [-0.1, -0.05) is 32.4 Å². The summed E-state index contributed by atoms with van der Waals surface area (Å²) in [5, 5.41) is 18.3. The van der Waals surface area contributed by atoms with Crippen LogP contribution in [0, 0.1) is 24.2 Å². The predicted molar refractivity (Wildman–Crippen MR) is 77.1 cm³/mol. The van der Waals surface area contributed by atoms with Gasteiger partial charge in [-0.3, -0.25) is 4.79 Å². The monoisotopic (exact) mass is 310 g/mol. The lowest BCUT2D eigenvalue weighted by molar-refractivity contribution is -0.140. The van der Waals surface area contributed by atoms with Gasteiger partial charge in [0.15, 0.2) is 0 Å². The van der Waals surface area contributed by atoms with Crippen molar-refractivity contribution in [2.45, 2.75) is 38.1 Å². The van der Waals surface area contributed by atoms with Gasteiger partial charge in [-0.2, -0.15) is 9.98 Å². The molecule has 0 amide bonds. The average molecular weight is 310 g/mol. The largest absolute Gasteiger partial charge is 0.480 e. The fraction of sp³-hybridized carbons (Fsp3) is 0.429. The summed E-state index contributed by atoms with van der Waals surface area (Å²) in [5.74, 6) is -1.60. The highest BCUT2D eigenvalue weighted by atomic mass is 32.2. The zero-order chi connectivity index (χ0) is 16.2. The van der Waals surface area contributed by atoms with Gasteiger partial charge in [-0.15, -0.1) is 0 Å². The Morgan fingerprint density at radius 3 is 2.57 bits per heavy atom. The number of nitrogens with one attached hydrogen (secondary N) is 1. The van der Waals surface area contributed by atoms with Crippen molar-refractivity contribution in [2.75, 3.05) is 0 Å². The number of sulfonamides is 1. The van der Waals surface area contributed by atoms with Crippen LogP contribution >= 0.6 is 0 Å². The van der Waals surface area contributed by atoms with Crippen LogP contribution in [0.1, 0.15) is 31.4 Å². The number of nitrogens with zero attached hydrogens (tertiary/aromatic N) is 1. The summed E-state index contributed by atoms with van der Waals surface area (Å²) in [4.78, 5) is 11.0. The lowest BCUT2D eigenvalue weighted by atomic mass is 10.0. The molecule has 6 nitrogen and oxygen atoms in total. The second kappa shape index (κ2) is 6.70. The van der Waals surface area contributed by atoms with E-state index in [1.54, 1.807) is 26.8 Å². The van der Waals surface area contributed by atoms with Gasteiger partial charge in [0.2, 0.25) is 10.0 Å². The minimum absolute atomic E-state index is 0.0262. The third-order valence-corrected chi connectivity index (χ3v) is 4.88. The summed E-state index contributed by atoms with van der Waals surface area (Å²) in [6.07, 6.45) is 0.512. The van der Waals surface area contributed by atoms with E-state index in [9.17, 15) is 18.3 Å². The lowest BCUT2D eigenvalue weighted by Gasteiger charge is -2.20. The third-order valence-electron chi connectivity index (χ3n) is 3.40. The molecule has 0 fully saturated rings. The second-order valence-electron chi connectivity index (χ2n) is 4.88. The van der Waals surface area contributed by atoms with E-state index in [-0.39, 0.29) is 16.4 Å². The molecule has 114 valence electrons. The zero-order valence-electron chi connectivity index (χ0n) is 12.1. The zero-order valence-corrected chi connectivity index (χ0v) is 12.9. The first-order chi connectivity index (χ1) is 9.74. The van der Waals surface area contributed by atoms with Gasteiger partial charge in [0.05, 0.1) is 5.56 Å². The minimum atomic E-state index is -4.08. The van der Waals surface area contributed by atoms with Crippen LogP contribution in [0.2, 0.25) is 0 Å². The molecule has 7 heteroatoms. The molecule has 0 heterocycles. The number of rotatable bonds is 6. The van der Waals surface area contributed by atoms with E-state index >= 15 is 0 Å². The molecule has 1 aromatic rings. The number of benzene rings is 1. The van der Waals surface area contributed by atoms with Crippen LogP contribution in [-0.2, 0) is 14.8 Å². The molecule has 0 saturated carbocycles. The number of carboxylic acid groups (broad SMARTS) is 1. The smallest absolute Gasteiger partial charge is 0.322 e. The Labute approximate surface area is 124 Å². The van der Waals surface area contributed by atoms with Crippen molar-refractivity contribution < 1.29 is 18.3 Å². The fourth-order valence-electron chi connectivity index (χ4n) is 1.88. The van der Waals surface area contributed by atoms with Crippen molar-refractivity contribution in [1.29, 1.82) is 5.26 Å². The summed E-state index contributed by atoms with van der Waals surface area (Å²) >= 11 is 0. The Morgan fingerprint density at radius 2 is 2.10 bits per heavy atom. The molecule has 1 rings (SSSR count). The Bertz CT molecular complexity index is 677. The molecule has 0 aromatic heterocycles. The van der Waals surface area contributed by atoms with Gasteiger partial charge in [-0.05, 0) is 24.5 Å². The summed E-state index contributed by atoms with van der Waals surface area (Å²) in [7, 11) is -4.08. The third kappa shape index (κ3) is 3.80. The van der Waals surface area contributed by atoms with E-state index < -0.39 is 22.0 Å². The van der Waals surface area contributed by atoms with Crippen LogP contribution in [0.3, 0.4) is 0 Å². The first-order valence-electron chi connectivity index (χ1n) is 6.49. The fourth-order valence-corrected chi connectivity index (χ4v) is 3.41. The number of hydrogen-bond acceptors (Lipinski definition) is 4. The molecule has 0 spiro atoms. The van der Waals surface area contributed by atoms with Gasteiger partial charge < -0.3 is 5.11 Å². The predicted octanol–water partition coefficient (Wildman–Crippen LogP) is 1.64. The van der Waals surface area contributed by atoms with E-state index in [0.717, 1.165) is 0 Å². The molecule has 0 unspecified atom stereocenters. The average Bonchev–Trinajstić information content (AvgIpc) is 2.43. The van der Waals surface area contributed by atoms with Crippen molar-refractivity contribution in [2.24, 2.45) is 5.92 Å². The van der Waals surface area contributed by atoms with Crippen LogP contribution in [0.15, 0.2) is 23.1 Å². The highest BCUT2D eigenvalue weighted by molar-refractivity contribution is 7.89. The Kier molecular flexibility index (Phi) is 5.47. The van der Waals surface area contributed by atoms with E-state index in [1.165, 1.54) is 12.1 Å². The standard InChI is InChI=1S/C14H18N2O4S/c1-4-9(2)13(14(17)18)16-21(19,20)12-7-5-6-10(3)11(12)8-15/h5-7,9,13,16H,4H2,1-3H3,(H,17,18)/t9-,13-/m0/s1. The van der Waals surface area contributed by atoms with Gasteiger partial charge in [0, 0.05) is 0 Å². The quantitative estimate of drug-likeness (QED) is 0.830. The molecular formula is C14H18N2O4S. The maximum Gasteiger partial charge on any atom is 0.322 e. The molecule has 0 saturated heterocycles. The maximum atomic E-state index is 12.4. The van der Waals surface area contributed by atoms with Crippen LogP contribution in [0.25, 0.3) is 0 Å². The molecule has 2 atom stereocenters. The summed E-state index contributed by atoms with van der Waals surface area (Å²) in [6.45, 7) is 5.06. The summed E-state index contributed by atoms with van der Waals surface area (Å²) < 4.78 is 26.9. The van der Waals surface area contributed by atoms with Crippen molar-refractivity contribution in [3.8, 4) is 6.07 Å². The number of carbonyl (C=O) groups is 1. The van der Waals surface area contributed by atoms with E-state index in [2.05, 4.69) is 4.72 Å². The minimum Gasteiger partial charge on any atom is -0.480 e. The SMILES string of the molecule is CC[C@H](C)[C@H](NS(=O)(=O)c1cccc(C)c1C#N)C(=O)O. The molecule has 0 aliphatic rings. The molecule has 2 N–H and O–H groups in total. The number of carboxylic acids is 1. The number of aliphatic carboxylic acids is 1. The maximum absolute atomic E-state index is 12.4. The molecule has 1 aromatic carbocycles.